The minimum Gasteiger partial charge on any atom is -0.297 e. The van der Waals surface area contributed by atoms with E-state index >= 15 is 0 Å². The van der Waals surface area contributed by atoms with Crippen LogP contribution in [0.15, 0.2) is 5.38 Å². The number of nitrogens with two attached hydrogens (primary N) is 1. The normalized spacial score (nSPS) is 14.2. The molecule has 0 saturated heterocycles. The molecule has 4 nitrogen and oxygen atoms in total. The average Bonchev–Trinajstić information content (AvgIpc) is 2.72. The van der Waals surface area contributed by atoms with E-state index in [4.69, 9.17) is 5.84 Å². The van der Waals surface area contributed by atoms with E-state index in [1.54, 1.807) is 11.3 Å². The second-order valence-corrected chi connectivity index (χ2v) is 6.07. The molecule has 1 aromatic rings. The Morgan fingerprint density at radius 1 is 1.44 bits per heavy atom. The number of hydrogen-bond acceptors (Lipinski definition) is 5. The maximum absolute atomic E-state index is 5.76. The van der Waals surface area contributed by atoms with Crippen molar-refractivity contribution in [3.63, 3.8) is 0 Å². The SMILES string of the molecule is CCN(CC)C(C)(C)C(Cc1nc(C)cs1)NN. The van der Waals surface area contributed by atoms with E-state index in [9.17, 15) is 0 Å². The first-order chi connectivity index (χ1) is 8.45. The Bertz CT molecular complexity index is 358. The van der Waals surface area contributed by atoms with Gasteiger partial charge in [0.25, 0.3) is 0 Å². The summed E-state index contributed by atoms with van der Waals surface area (Å²) in [5.41, 5.74) is 4.08. The molecular weight excluding hydrogens is 244 g/mol. The molecule has 0 fully saturated rings. The van der Waals surface area contributed by atoms with Crippen molar-refractivity contribution in [2.45, 2.75) is 52.6 Å². The van der Waals surface area contributed by atoms with Gasteiger partial charge in [-0.05, 0) is 33.9 Å². The van der Waals surface area contributed by atoms with Crippen LogP contribution in [0.25, 0.3) is 0 Å². The number of rotatable bonds is 7. The minimum absolute atomic E-state index is 0.0117. The summed E-state index contributed by atoms with van der Waals surface area (Å²) in [5.74, 6) is 5.76. The fourth-order valence-corrected chi connectivity index (χ4v) is 3.26. The summed E-state index contributed by atoms with van der Waals surface area (Å²) in [6, 6.07) is 0.197. The van der Waals surface area contributed by atoms with Crippen molar-refractivity contribution in [2.75, 3.05) is 13.1 Å². The zero-order valence-corrected chi connectivity index (χ0v) is 13.0. The Morgan fingerprint density at radius 3 is 2.44 bits per heavy atom. The van der Waals surface area contributed by atoms with Crippen molar-refractivity contribution >= 4 is 11.3 Å². The average molecular weight is 270 g/mol. The molecule has 5 heteroatoms. The highest BCUT2D eigenvalue weighted by Crippen LogP contribution is 2.22. The second kappa shape index (κ2) is 6.61. The molecule has 0 spiro atoms. The van der Waals surface area contributed by atoms with Crippen molar-refractivity contribution in [1.82, 2.24) is 15.3 Å². The molecule has 18 heavy (non-hydrogen) atoms. The molecule has 1 rings (SSSR count). The zero-order valence-electron chi connectivity index (χ0n) is 12.2. The number of aromatic nitrogens is 1. The van der Waals surface area contributed by atoms with Crippen LogP contribution in [0.1, 0.15) is 38.4 Å². The first-order valence-electron chi connectivity index (χ1n) is 6.57. The van der Waals surface area contributed by atoms with E-state index in [1.807, 2.05) is 6.92 Å². The van der Waals surface area contributed by atoms with E-state index in [1.165, 1.54) is 0 Å². The van der Waals surface area contributed by atoms with Crippen molar-refractivity contribution in [1.29, 1.82) is 0 Å². The summed E-state index contributed by atoms with van der Waals surface area (Å²) in [5, 5.41) is 3.24. The summed E-state index contributed by atoms with van der Waals surface area (Å²) in [7, 11) is 0. The topological polar surface area (TPSA) is 54.2 Å². The Kier molecular flexibility index (Phi) is 5.72. The van der Waals surface area contributed by atoms with Crippen LogP contribution in [-0.4, -0.2) is 34.6 Å². The third-order valence-corrected chi connectivity index (χ3v) is 4.67. The lowest BCUT2D eigenvalue weighted by Gasteiger charge is -2.43. The number of likely N-dealkylation sites (N-methyl/N-ethyl adjacent to an activating group) is 1. The predicted octanol–water partition coefficient (Wildman–Crippen LogP) is 1.95. The summed E-state index contributed by atoms with van der Waals surface area (Å²) in [6.45, 7) is 12.9. The highest BCUT2D eigenvalue weighted by Gasteiger charge is 2.33. The molecule has 0 radical (unpaired) electrons. The second-order valence-electron chi connectivity index (χ2n) is 5.13. The standard InChI is InChI=1S/C13H26N4S/c1-6-17(7-2)13(4,5)11(16-14)8-12-15-10(3)9-18-12/h9,11,16H,6-8,14H2,1-5H3. The van der Waals surface area contributed by atoms with Gasteiger partial charge in [0.05, 0.1) is 5.01 Å². The van der Waals surface area contributed by atoms with Crippen molar-refractivity contribution in [3.8, 4) is 0 Å². The molecule has 3 N–H and O–H groups in total. The van der Waals surface area contributed by atoms with Gasteiger partial charge in [-0.25, -0.2) is 4.98 Å². The number of hydrogen-bond donors (Lipinski definition) is 2. The van der Waals surface area contributed by atoms with Crippen molar-refractivity contribution in [2.24, 2.45) is 5.84 Å². The number of aryl methyl sites for hydroxylation is 1. The van der Waals surface area contributed by atoms with Gasteiger partial charge in [-0.2, -0.15) is 0 Å². The first-order valence-corrected chi connectivity index (χ1v) is 7.45. The van der Waals surface area contributed by atoms with Gasteiger partial charge in [0, 0.05) is 29.1 Å². The molecule has 1 aromatic heterocycles. The summed E-state index contributed by atoms with van der Waals surface area (Å²) >= 11 is 1.71. The van der Waals surface area contributed by atoms with Gasteiger partial charge in [0.15, 0.2) is 0 Å². The Hall–Kier alpha value is -0.490. The summed E-state index contributed by atoms with van der Waals surface area (Å²) in [4.78, 5) is 6.96. The molecule has 0 saturated carbocycles. The fourth-order valence-electron chi connectivity index (χ4n) is 2.44. The molecule has 1 heterocycles. The third kappa shape index (κ3) is 3.51. The predicted molar refractivity (Wildman–Crippen MR) is 78.7 cm³/mol. The molecule has 1 unspecified atom stereocenters. The lowest BCUT2D eigenvalue weighted by Crippen LogP contribution is -2.60. The minimum atomic E-state index is 0.0117. The van der Waals surface area contributed by atoms with E-state index in [0.29, 0.717) is 0 Å². The largest absolute Gasteiger partial charge is 0.297 e. The van der Waals surface area contributed by atoms with Gasteiger partial charge in [-0.15, -0.1) is 11.3 Å². The van der Waals surface area contributed by atoms with E-state index < -0.39 is 0 Å². The molecule has 0 aliphatic rings. The van der Waals surface area contributed by atoms with Crippen LogP contribution in [0.2, 0.25) is 0 Å². The lowest BCUT2D eigenvalue weighted by atomic mass is 9.90. The number of hydrazine groups is 1. The van der Waals surface area contributed by atoms with Crippen LogP contribution < -0.4 is 11.3 Å². The van der Waals surface area contributed by atoms with Crippen LogP contribution in [-0.2, 0) is 6.42 Å². The third-order valence-electron chi connectivity index (χ3n) is 3.68. The number of nitrogens with one attached hydrogen (secondary N) is 1. The van der Waals surface area contributed by atoms with Crippen molar-refractivity contribution in [3.05, 3.63) is 16.1 Å². The number of thiazole rings is 1. The monoisotopic (exact) mass is 270 g/mol. The molecule has 0 aromatic carbocycles. The van der Waals surface area contributed by atoms with Gasteiger partial charge >= 0.3 is 0 Å². The van der Waals surface area contributed by atoms with Crippen LogP contribution >= 0.6 is 11.3 Å². The van der Waals surface area contributed by atoms with E-state index in [2.05, 4.69) is 48.4 Å². The first kappa shape index (κ1) is 15.6. The van der Waals surface area contributed by atoms with Crippen LogP contribution in [0.5, 0.6) is 0 Å². The highest BCUT2D eigenvalue weighted by atomic mass is 32.1. The smallest absolute Gasteiger partial charge is 0.0944 e. The Labute approximate surface area is 115 Å². The molecule has 0 bridgehead atoms. The maximum Gasteiger partial charge on any atom is 0.0944 e. The molecular formula is C13H26N4S. The van der Waals surface area contributed by atoms with Crippen LogP contribution in [0.3, 0.4) is 0 Å². The molecule has 0 aliphatic heterocycles. The summed E-state index contributed by atoms with van der Waals surface area (Å²) in [6.07, 6.45) is 0.874. The quantitative estimate of drug-likeness (QED) is 0.587. The van der Waals surface area contributed by atoms with Gasteiger partial charge in [-0.1, -0.05) is 13.8 Å². The Morgan fingerprint density at radius 2 is 2.06 bits per heavy atom. The van der Waals surface area contributed by atoms with Gasteiger partial charge in [0.2, 0.25) is 0 Å². The molecule has 0 aliphatic carbocycles. The van der Waals surface area contributed by atoms with Crippen molar-refractivity contribution < 1.29 is 0 Å². The maximum atomic E-state index is 5.76. The van der Waals surface area contributed by atoms with Gasteiger partial charge in [-0.3, -0.25) is 16.2 Å². The number of nitrogens with zero attached hydrogens (tertiary/aromatic N) is 2. The van der Waals surface area contributed by atoms with E-state index in [0.717, 1.165) is 30.2 Å². The molecule has 104 valence electrons. The van der Waals surface area contributed by atoms with E-state index in [-0.39, 0.29) is 11.6 Å². The van der Waals surface area contributed by atoms with Crippen LogP contribution in [0, 0.1) is 6.92 Å². The molecule has 0 amide bonds. The highest BCUT2D eigenvalue weighted by molar-refractivity contribution is 7.09. The fraction of sp³-hybridized carbons (Fsp3) is 0.769. The molecule has 1 atom stereocenters. The summed E-state index contributed by atoms with van der Waals surface area (Å²) < 4.78 is 0. The van der Waals surface area contributed by atoms with Gasteiger partial charge in [0.1, 0.15) is 0 Å². The van der Waals surface area contributed by atoms with Gasteiger partial charge < -0.3 is 0 Å². The lowest BCUT2D eigenvalue weighted by molar-refractivity contribution is 0.0912. The Balaban J connectivity index is 2.81. The zero-order chi connectivity index (χ0) is 13.8. The van der Waals surface area contributed by atoms with Crippen LogP contribution in [0.4, 0.5) is 0 Å².